The van der Waals surface area contributed by atoms with Crippen molar-refractivity contribution in [2.75, 3.05) is 32.7 Å². The zero-order chi connectivity index (χ0) is 19.1. The number of hydrogen-bond donors (Lipinski definition) is 2. The van der Waals surface area contributed by atoms with Crippen LogP contribution in [0.25, 0.3) is 10.8 Å². The number of nitrogens with one attached hydrogen (secondary N) is 2. The fourth-order valence-corrected chi connectivity index (χ4v) is 3.61. The minimum atomic E-state index is -0.127. The zero-order valence-corrected chi connectivity index (χ0v) is 16.0. The fraction of sp³-hybridized carbons (Fsp3) is 0.455. The lowest BCUT2D eigenvalue weighted by Gasteiger charge is -2.32. The normalized spacial score (nSPS) is 15.1. The molecule has 27 heavy (non-hydrogen) atoms. The third kappa shape index (κ3) is 5.30. The molecule has 2 amide bonds. The third-order valence-corrected chi connectivity index (χ3v) is 5.29. The number of carbonyl (C=O) groups excluding carboxylic acids is 2. The van der Waals surface area contributed by atoms with Gasteiger partial charge >= 0.3 is 0 Å². The predicted octanol–water partition coefficient (Wildman–Crippen LogP) is 2.81. The average Bonchev–Trinajstić information content (AvgIpc) is 2.72. The second-order valence-electron chi connectivity index (χ2n) is 7.20. The van der Waals surface area contributed by atoms with Crippen LogP contribution in [0.15, 0.2) is 42.5 Å². The molecule has 0 saturated carbocycles. The Morgan fingerprint density at radius 3 is 2.56 bits per heavy atom. The Morgan fingerprint density at radius 2 is 1.81 bits per heavy atom. The molecule has 0 bridgehead atoms. The van der Waals surface area contributed by atoms with Crippen molar-refractivity contribution in [1.82, 2.24) is 15.5 Å². The number of nitrogens with zero attached hydrogens (tertiary/aromatic N) is 1. The SMILES string of the molecule is CCNCC1CCN(C(=O)CCNC(=O)c2ccc3ccccc3c2)CC1. The molecule has 1 heterocycles. The number of likely N-dealkylation sites (tertiary alicyclic amines) is 1. The maximum atomic E-state index is 12.4. The first kappa shape index (κ1) is 19.4. The van der Waals surface area contributed by atoms with Crippen LogP contribution in [-0.2, 0) is 4.79 Å². The molecular weight excluding hydrogens is 338 g/mol. The number of rotatable bonds is 7. The molecule has 0 atom stereocenters. The predicted molar refractivity (Wildman–Crippen MR) is 109 cm³/mol. The standard InChI is InChI=1S/C22H29N3O2/c1-2-23-16-17-10-13-25(14-11-17)21(26)9-12-24-22(27)20-8-7-18-5-3-4-6-19(18)15-20/h3-8,15,17,23H,2,9-14,16H2,1H3,(H,24,27). The Morgan fingerprint density at radius 1 is 1.07 bits per heavy atom. The lowest BCUT2D eigenvalue weighted by Crippen LogP contribution is -2.41. The van der Waals surface area contributed by atoms with Gasteiger partial charge in [-0.15, -0.1) is 0 Å². The van der Waals surface area contributed by atoms with Crippen LogP contribution >= 0.6 is 0 Å². The summed E-state index contributed by atoms with van der Waals surface area (Å²) in [5.74, 6) is 0.676. The topological polar surface area (TPSA) is 61.4 Å². The first-order chi connectivity index (χ1) is 13.2. The summed E-state index contributed by atoms with van der Waals surface area (Å²) in [6.45, 7) is 6.18. The van der Waals surface area contributed by atoms with Crippen molar-refractivity contribution in [2.45, 2.75) is 26.2 Å². The smallest absolute Gasteiger partial charge is 0.251 e. The van der Waals surface area contributed by atoms with Gasteiger partial charge in [-0.1, -0.05) is 37.3 Å². The molecule has 5 heteroatoms. The van der Waals surface area contributed by atoms with Crippen LogP contribution < -0.4 is 10.6 Å². The van der Waals surface area contributed by atoms with Gasteiger partial charge in [0.1, 0.15) is 0 Å². The highest BCUT2D eigenvalue weighted by molar-refractivity contribution is 5.98. The molecule has 5 nitrogen and oxygen atoms in total. The van der Waals surface area contributed by atoms with Gasteiger partial charge in [-0.2, -0.15) is 0 Å². The Balaban J connectivity index is 1.42. The first-order valence-corrected chi connectivity index (χ1v) is 9.93. The second kappa shape index (κ2) is 9.51. The summed E-state index contributed by atoms with van der Waals surface area (Å²) in [6.07, 6.45) is 2.47. The number of hydrogen-bond acceptors (Lipinski definition) is 3. The quantitative estimate of drug-likeness (QED) is 0.791. The molecule has 0 aliphatic carbocycles. The molecule has 0 radical (unpaired) electrons. The maximum Gasteiger partial charge on any atom is 0.251 e. The van der Waals surface area contributed by atoms with Gasteiger partial charge in [-0.3, -0.25) is 9.59 Å². The highest BCUT2D eigenvalue weighted by atomic mass is 16.2. The summed E-state index contributed by atoms with van der Waals surface area (Å²) in [5, 5.41) is 8.41. The van der Waals surface area contributed by atoms with Crippen molar-refractivity contribution >= 4 is 22.6 Å². The molecule has 144 valence electrons. The summed E-state index contributed by atoms with van der Waals surface area (Å²) < 4.78 is 0. The summed E-state index contributed by atoms with van der Waals surface area (Å²) in [5.41, 5.74) is 0.630. The highest BCUT2D eigenvalue weighted by Crippen LogP contribution is 2.17. The van der Waals surface area contributed by atoms with Crippen LogP contribution in [0.3, 0.4) is 0 Å². The fourth-order valence-electron chi connectivity index (χ4n) is 3.61. The molecule has 2 aromatic carbocycles. The van der Waals surface area contributed by atoms with Crippen molar-refractivity contribution in [2.24, 2.45) is 5.92 Å². The van der Waals surface area contributed by atoms with Gasteiger partial charge in [-0.25, -0.2) is 0 Å². The number of benzene rings is 2. The van der Waals surface area contributed by atoms with Crippen LogP contribution in [0.5, 0.6) is 0 Å². The van der Waals surface area contributed by atoms with Crippen molar-refractivity contribution in [1.29, 1.82) is 0 Å². The van der Waals surface area contributed by atoms with Gasteiger partial charge in [0.2, 0.25) is 5.91 Å². The van der Waals surface area contributed by atoms with E-state index in [0.717, 1.165) is 49.8 Å². The summed E-state index contributed by atoms with van der Waals surface area (Å²) in [4.78, 5) is 26.7. The van der Waals surface area contributed by atoms with E-state index in [0.29, 0.717) is 24.4 Å². The van der Waals surface area contributed by atoms with Crippen molar-refractivity contribution in [3.8, 4) is 0 Å². The lowest BCUT2D eigenvalue weighted by atomic mass is 9.96. The van der Waals surface area contributed by atoms with Crippen LogP contribution in [0, 0.1) is 5.92 Å². The molecule has 2 aromatic rings. The Labute approximate surface area is 161 Å². The van der Waals surface area contributed by atoms with E-state index in [1.165, 1.54) is 0 Å². The highest BCUT2D eigenvalue weighted by Gasteiger charge is 2.22. The number of fused-ring (bicyclic) bond motifs is 1. The monoisotopic (exact) mass is 367 g/mol. The summed E-state index contributed by atoms with van der Waals surface area (Å²) >= 11 is 0. The Bertz CT molecular complexity index is 782. The van der Waals surface area contributed by atoms with Gasteiger partial charge in [-0.05, 0) is 54.8 Å². The number of carbonyl (C=O) groups is 2. The Hall–Kier alpha value is -2.40. The van der Waals surface area contributed by atoms with Gasteiger partial charge < -0.3 is 15.5 Å². The maximum absolute atomic E-state index is 12.4. The van der Waals surface area contributed by atoms with Crippen molar-refractivity contribution in [3.63, 3.8) is 0 Å². The van der Waals surface area contributed by atoms with Crippen molar-refractivity contribution in [3.05, 3.63) is 48.0 Å². The first-order valence-electron chi connectivity index (χ1n) is 9.93. The van der Waals surface area contributed by atoms with Gasteiger partial charge in [0.15, 0.2) is 0 Å². The van der Waals surface area contributed by atoms with Gasteiger partial charge in [0.25, 0.3) is 5.91 Å². The van der Waals surface area contributed by atoms with E-state index in [2.05, 4.69) is 17.6 Å². The largest absolute Gasteiger partial charge is 0.352 e. The van der Waals surface area contributed by atoms with Crippen LogP contribution in [0.2, 0.25) is 0 Å². The minimum absolute atomic E-state index is 0.127. The molecule has 0 aromatic heterocycles. The van der Waals surface area contributed by atoms with Crippen LogP contribution in [-0.4, -0.2) is 49.4 Å². The Kier molecular flexibility index (Phi) is 6.82. The zero-order valence-electron chi connectivity index (χ0n) is 16.0. The molecule has 1 aliphatic rings. The van der Waals surface area contributed by atoms with E-state index >= 15 is 0 Å². The molecule has 3 rings (SSSR count). The van der Waals surface area contributed by atoms with E-state index in [9.17, 15) is 9.59 Å². The van der Waals surface area contributed by atoms with Crippen LogP contribution in [0.1, 0.15) is 36.5 Å². The van der Waals surface area contributed by atoms with E-state index in [1.807, 2.05) is 47.4 Å². The van der Waals surface area contributed by atoms with Gasteiger partial charge in [0.05, 0.1) is 0 Å². The minimum Gasteiger partial charge on any atom is -0.352 e. The molecule has 1 aliphatic heterocycles. The molecular formula is C22H29N3O2. The molecule has 2 N–H and O–H groups in total. The number of piperidine rings is 1. The number of amides is 2. The van der Waals surface area contributed by atoms with Crippen LogP contribution in [0.4, 0.5) is 0 Å². The second-order valence-corrected chi connectivity index (χ2v) is 7.20. The average molecular weight is 367 g/mol. The summed E-state index contributed by atoms with van der Waals surface area (Å²) in [6, 6.07) is 13.6. The van der Waals surface area contributed by atoms with E-state index in [-0.39, 0.29) is 11.8 Å². The summed E-state index contributed by atoms with van der Waals surface area (Å²) in [7, 11) is 0. The third-order valence-electron chi connectivity index (χ3n) is 5.29. The van der Waals surface area contributed by atoms with Gasteiger partial charge in [0, 0.05) is 31.6 Å². The van der Waals surface area contributed by atoms with E-state index in [1.54, 1.807) is 0 Å². The van der Waals surface area contributed by atoms with Crippen molar-refractivity contribution < 1.29 is 9.59 Å². The lowest BCUT2D eigenvalue weighted by molar-refractivity contribution is -0.132. The molecule has 0 spiro atoms. The van der Waals surface area contributed by atoms with E-state index < -0.39 is 0 Å². The molecule has 0 unspecified atom stereocenters. The molecule has 1 saturated heterocycles. The molecule has 1 fully saturated rings. The van der Waals surface area contributed by atoms with E-state index in [4.69, 9.17) is 0 Å².